The van der Waals surface area contributed by atoms with Gasteiger partial charge in [0.15, 0.2) is 0 Å². The van der Waals surface area contributed by atoms with Crippen molar-refractivity contribution >= 4 is 55.6 Å². The Hall–Kier alpha value is -7.28. The highest BCUT2D eigenvalue weighted by atomic mass is 14.2. The van der Waals surface area contributed by atoms with Crippen molar-refractivity contribution in [2.24, 2.45) is 0 Å². The molecule has 2 aliphatic carbocycles. The zero-order valence-electron chi connectivity index (χ0n) is 38.4. The Morgan fingerprint density at radius 2 is 0.738 bits per heavy atom. The van der Waals surface area contributed by atoms with E-state index in [1.54, 1.807) is 0 Å². The molecule has 12 rings (SSSR count). The molecule has 0 saturated heterocycles. The third kappa shape index (κ3) is 11.1. The largest absolute Gasteiger partial charge is 0.0622 e. The van der Waals surface area contributed by atoms with Gasteiger partial charge in [0.25, 0.3) is 0 Å². The van der Waals surface area contributed by atoms with Gasteiger partial charge in [0.2, 0.25) is 0 Å². The summed E-state index contributed by atoms with van der Waals surface area (Å²) >= 11 is 0. The molecule has 0 fully saturated rings. The normalized spacial score (nSPS) is 12.0. The summed E-state index contributed by atoms with van der Waals surface area (Å²) in [4.78, 5) is 0. The molecule has 0 aliphatic heterocycles. The number of benzene rings is 10. The number of hydrogen-bond donors (Lipinski definition) is 0. The summed E-state index contributed by atoms with van der Waals surface area (Å²) in [7, 11) is 0. The second-order valence-electron chi connectivity index (χ2n) is 17.2. The smallest absolute Gasteiger partial charge is 0.00137 e. The Morgan fingerprint density at radius 3 is 1.15 bits per heavy atom. The molecule has 0 aromatic heterocycles. The average molecular weight is 841 g/mol. The van der Waals surface area contributed by atoms with Gasteiger partial charge in [0.1, 0.15) is 0 Å². The molecule has 0 nitrogen and oxygen atoms in total. The Balaban J connectivity index is 0.000000115. The number of hydrogen-bond acceptors (Lipinski definition) is 0. The van der Waals surface area contributed by atoms with Gasteiger partial charge in [-0.25, -0.2) is 0 Å². The van der Waals surface area contributed by atoms with Crippen LogP contribution in [0, 0.1) is 0 Å². The summed E-state index contributed by atoms with van der Waals surface area (Å²) in [6, 6.07) is 79.5. The molecule has 0 heterocycles. The van der Waals surface area contributed by atoms with Crippen LogP contribution in [0.25, 0.3) is 55.6 Å². The van der Waals surface area contributed by atoms with Crippen LogP contribution in [0.5, 0.6) is 0 Å². The maximum Gasteiger partial charge on any atom is -0.00137 e. The van der Waals surface area contributed by atoms with Crippen LogP contribution in [-0.4, -0.2) is 0 Å². The fourth-order valence-electron chi connectivity index (χ4n) is 8.92. The molecule has 0 atom stereocenters. The van der Waals surface area contributed by atoms with Gasteiger partial charge in [0.05, 0.1) is 0 Å². The summed E-state index contributed by atoms with van der Waals surface area (Å²) in [5, 5.41) is 8.30. The van der Waals surface area contributed by atoms with Crippen LogP contribution in [0.1, 0.15) is 83.7 Å². The van der Waals surface area contributed by atoms with Crippen LogP contribution in [0.3, 0.4) is 0 Å². The van der Waals surface area contributed by atoms with Crippen molar-refractivity contribution in [1.29, 1.82) is 0 Å². The van der Waals surface area contributed by atoms with Gasteiger partial charge in [-0.05, 0) is 125 Å². The van der Waals surface area contributed by atoms with Crippen LogP contribution in [0.2, 0.25) is 0 Å². The first-order valence-corrected chi connectivity index (χ1v) is 23.4. The highest BCUT2D eigenvalue weighted by Gasteiger charge is 2.14. The molecule has 0 unspecified atom stereocenters. The van der Waals surface area contributed by atoms with Crippen molar-refractivity contribution in [3.05, 3.63) is 275 Å². The number of allylic oxidation sites excluding steroid dienone is 2. The lowest BCUT2D eigenvalue weighted by Crippen LogP contribution is -1.91. The summed E-state index contributed by atoms with van der Waals surface area (Å²) in [6.07, 6.45) is 9.01. The molecule has 0 amide bonds. The van der Waals surface area contributed by atoms with E-state index >= 15 is 0 Å². The van der Waals surface area contributed by atoms with E-state index in [2.05, 4.69) is 252 Å². The second-order valence-corrected chi connectivity index (χ2v) is 17.2. The van der Waals surface area contributed by atoms with E-state index in [0.717, 1.165) is 25.7 Å². The van der Waals surface area contributed by atoms with Gasteiger partial charge in [0, 0.05) is 0 Å². The molecule has 65 heavy (non-hydrogen) atoms. The first kappa shape index (κ1) is 44.3. The summed E-state index contributed by atoms with van der Waals surface area (Å²) in [5.74, 6) is 0.560. The van der Waals surface area contributed by atoms with E-state index in [1.807, 2.05) is 12.1 Å². The average Bonchev–Trinajstić information content (AvgIpc) is 4.03. The maximum absolute atomic E-state index is 2.30. The molecule has 0 radical (unpaired) electrons. The topological polar surface area (TPSA) is 0 Å². The fourth-order valence-corrected chi connectivity index (χ4v) is 8.92. The van der Waals surface area contributed by atoms with Crippen molar-refractivity contribution in [1.82, 2.24) is 0 Å². The Kier molecular flexibility index (Phi) is 14.9. The summed E-state index contributed by atoms with van der Waals surface area (Å²) in [5.41, 5.74) is 15.4. The molecule has 10 aromatic carbocycles. The molecular weight excluding hydrogens is 781 g/mol. The minimum atomic E-state index is 0.560. The maximum atomic E-state index is 2.30. The molecule has 2 aliphatic rings. The van der Waals surface area contributed by atoms with Gasteiger partial charge < -0.3 is 0 Å². The van der Waals surface area contributed by atoms with Gasteiger partial charge in [-0.15, -0.1) is 0 Å². The number of rotatable bonds is 5. The van der Waals surface area contributed by atoms with Crippen LogP contribution < -0.4 is 0 Å². The third-order valence-corrected chi connectivity index (χ3v) is 12.5. The predicted molar refractivity (Wildman–Crippen MR) is 285 cm³/mol. The number of aryl methyl sites for hydroxylation is 2. The minimum Gasteiger partial charge on any atom is -0.0622 e. The molecule has 320 valence electrons. The molecule has 0 N–H and O–H groups in total. The van der Waals surface area contributed by atoms with Crippen LogP contribution in [0.15, 0.2) is 224 Å². The third-order valence-electron chi connectivity index (χ3n) is 12.5. The van der Waals surface area contributed by atoms with Crippen molar-refractivity contribution in [3.63, 3.8) is 0 Å². The molecule has 0 heteroatoms. The van der Waals surface area contributed by atoms with Gasteiger partial charge >= 0.3 is 0 Å². The highest BCUT2D eigenvalue weighted by molar-refractivity contribution is 6.23. The van der Waals surface area contributed by atoms with E-state index in [9.17, 15) is 0 Å². The lowest BCUT2D eigenvalue weighted by atomic mass is 9.89. The van der Waals surface area contributed by atoms with Crippen LogP contribution in [-0.2, 0) is 25.7 Å². The quantitative estimate of drug-likeness (QED) is 0.151. The number of fused-ring (bicyclic) bond motifs is 2. The lowest BCUT2D eigenvalue weighted by molar-refractivity contribution is 0.877. The predicted octanol–water partition coefficient (Wildman–Crippen LogP) is 17.8. The van der Waals surface area contributed by atoms with E-state index in [-0.39, 0.29) is 0 Å². The molecule has 10 aromatic rings. The highest BCUT2D eigenvalue weighted by Crippen LogP contribution is 2.38. The summed E-state index contributed by atoms with van der Waals surface area (Å²) in [6.45, 7) is 8.86. The zero-order chi connectivity index (χ0) is 44.8. The first-order chi connectivity index (χ1) is 32.0. The molecule has 0 spiro atoms. The standard InChI is InChI=1S/C19H16.2C15H12.2C8H10/c1-12(2)16-10-8-15-7-6-13-4-3-5-14-9-11-17(16)19(15)18(13)14;2*1-2-6-12(7-3-1)15-10-13-8-4-5-9-14(13)11-15;2*1-2-8-6-4-3-5-7-8/h3-12H,1-2H3;2*1-10H,11H2;2*3-7H,2H2,1H3. The van der Waals surface area contributed by atoms with E-state index in [4.69, 9.17) is 0 Å². The Bertz CT molecular complexity index is 2940. The van der Waals surface area contributed by atoms with E-state index in [0.29, 0.717) is 5.92 Å². The van der Waals surface area contributed by atoms with Gasteiger partial charge in [-0.2, -0.15) is 0 Å². The lowest BCUT2D eigenvalue weighted by Gasteiger charge is -2.15. The van der Waals surface area contributed by atoms with E-state index in [1.165, 1.54) is 93.5 Å². The monoisotopic (exact) mass is 840 g/mol. The van der Waals surface area contributed by atoms with Gasteiger partial charge in [-0.1, -0.05) is 264 Å². The van der Waals surface area contributed by atoms with Crippen molar-refractivity contribution < 1.29 is 0 Å². The molecule has 0 bridgehead atoms. The Morgan fingerprint density at radius 1 is 0.354 bits per heavy atom. The van der Waals surface area contributed by atoms with Crippen molar-refractivity contribution in [3.8, 4) is 0 Å². The second kappa shape index (κ2) is 21.9. The fraction of sp³-hybridized carbons (Fsp3) is 0.138. The van der Waals surface area contributed by atoms with Crippen LogP contribution >= 0.6 is 0 Å². The minimum absolute atomic E-state index is 0.560. The van der Waals surface area contributed by atoms with Gasteiger partial charge in [-0.3, -0.25) is 0 Å². The summed E-state index contributed by atoms with van der Waals surface area (Å²) < 4.78 is 0. The first-order valence-electron chi connectivity index (χ1n) is 23.4. The zero-order valence-corrected chi connectivity index (χ0v) is 38.4. The van der Waals surface area contributed by atoms with E-state index < -0.39 is 0 Å². The van der Waals surface area contributed by atoms with Crippen molar-refractivity contribution in [2.45, 2.75) is 59.3 Å². The molecule has 0 saturated carbocycles. The van der Waals surface area contributed by atoms with Crippen LogP contribution in [0.4, 0.5) is 0 Å². The molecular formula is C65H60. The SMILES string of the molecule is C1=C(c2ccccc2)Cc2ccccc21.C1=C(c2ccccc2)Cc2ccccc21.CC(C)c1ccc2ccc3cccc4ccc1c2c34.CCc1ccccc1.CCc1ccccc1. The van der Waals surface area contributed by atoms with Crippen molar-refractivity contribution in [2.75, 3.05) is 0 Å². The Labute approximate surface area is 387 Å².